The van der Waals surface area contributed by atoms with E-state index >= 15 is 0 Å². The van der Waals surface area contributed by atoms with Gasteiger partial charge in [0.25, 0.3) is 0 Å². The fourth-order valence-electron chi connectivity index (χ4n) is 3.79. The van der Waals surface area contributed by atoms with Crippen LogP contribution < -0.4 is 24.3 Å². The third-order valence-electron chi connectivity index (χ3n) is 5.47. The standard InChI is InChI=1S/C24H31NO5/c1-16(25-24(26)14-17-9-11-20(27-2)22(13-17)28-3)18-10-12-21(23(15-18)29-4)30-19-7-5-6-8-19/h9-13,15-16,19H,5-8,14H2,1-4H3,(H,25,26)/t16-/m0/s1. The first kappa shape index (κ1) is 21.8. The lowest BCUT2D eigenvalue weighted by atomic mass is 10.1. The zero-order valence-electron chi connectivity index (χ0n) is 18.2. The van der Waals surface area contributed by atoms with Gasteiger partial charge in [-0.15, -0.1) is 0 Å². The monoisotopic (exact) mass is 413 g/mol. The Hall–Kier alpha value is -2.89. The van der Waals surface area contributed by atoms with E-state index < -0.39 is 0 Å². The van der Waals surface area contributed by atoms with Gasteiger partial charge in [0.1, 0.15) is 0 Å². The first-order valence-corrected chi connectivity index (χ1v) is 10.4. The van der Waals surface area contributed by atoms with Crippen LogP contribution in [0.4, 0.5) is 0 Å². The van der Waals surface area contributed by atoms with E-state index in [0.29, 0.717) is 17.2 Å². The molecule has 3 rings (SSSR count). The third-order valence-corrected chi connectivity index (χ3v) is 5.47. The molecular weight excluding hydrogens is 382 g/mol. The van der Waals surface area contributed by atoms with Gasteiger partial charge in [0.2, 0.25) is 5.91 Å². The molecule has 2 aromatic carbocycles. The van der Waals surface area contributed by atoms with E-state index in [1.807, 2.05) is 37.3 Å². The van der Waals surface area contributed by atoms with Gasteiger partial charge in [-0.1, -0.05) is 12.1 Å². The molecule has 0 radical (unpaired) electrons. The molecule has 1 amide bonds. The van der Waals surface area contributed by atoms with Crippen molar-refractivity contribution in [2.75, 3.05) is 21.3 Å². The summed E-state index contributed by atoms with van der Waals surface area (Å²) in [7, 11) is 4.81. The van der Waals surface area contributed by atoms with Gasteiger partial charge in [-0.05, 0) is 68.0 Å². The minimum atomic E-state index is -0.160. The molecule has 162 valence electrons. The average molecular weight is 414 g/mol. The number of nitrogens with one attached hydrogen (secondary N) is 1. The molecule has 1 aliphatic carbocycles. The highest BCUT2D eigenvalue weighted by atomic mass is 16.5. The van der Waals surface area contributed by atoms with E-state index in [1.165, 1.54) is 12.8 Å². The molecule has 0 heterocycles. The van der Waals surface area contributed by atoms with Crippen molar-refractivity contribution in [2.45, 2.75) is 51.2 Å². The summed E-state index contributed by atoms with van der Waals surface area (Å²) in [6.45, 7) is 1.96. The van der Waals surface area contributed by atoms with E-state index in [0.717, 1.165) is 29.7 Å². The Bertz CT molecular complexity index is 861. The molecular formula is C24H31NO5. The zero-order valence-corrected chi connectivity index (χ0v) is 18.2. The highest BCUT2D eigenvalue weighted by Crippen LogP contribution is 2.34. The van der Waals surface area contributed by atoms with Gasteiger partial charge in [-0.3, -0.25) is 4.79 Å². The number of hydrogen-bond acceptors (Lipinski definition) is 5. The number of carbonyl (C=O) groups excluding carboxylic acids is 1. The van der Waals surface area contributed by atoms with E-state index in [1.54, 1.807) is 27.4 Å². The predicted octanol–water partition coefficient (Wildman–Crippen LogP) is 4.45. The van der Waals surface area contributed by atoms with Gasteiger partial charge in [0, 0.05) is 0 Å². The van der Waals surface area contributed by atoms with Crippen molar-refractivity contribution in [3.05, 3.63) is 47.5 Å². The highest BCUT2D eigenvalue weighted by molar-refractivity contribution is 5.79. The average Bonchev–Trinajstić information content (AvgIpc) is 3.26. The molecule has 1 aliphatic rings. The Labute approximate surface area is 178 Å². The fraction of sp³-hybridized carbons (Fsp3) is 0.458. The number of methoxy groups -OCH3 is 3. The van der Waals surface area contributed by atoms with Gasteiger partial charge in [-0.25, -0.2) is 0 Å². The van der Waals surface area contributed by atoms with Crippen molar-refractivity contribution in [1.82, 2.24) is 5.32 Å². The van der Waals surface area contributed by atoms with Crippen LogP contribution >= 0.6 is 0 Å². The first-order chi connectivity index (χ1) is 14.5. The normalized spacial score (nSPS) is 14.8. The Balaban J connectivity index is 1.63. The van der Waals surface area contributed by atoms with Crippen molar-refractivity contribution in [3.8, 4) is 23.0 Å². The Morgan fingerprint density at radius 1 is 0.933 bits per heavy atom. The summed E-state index contributed by atoms with van der Waals surface area (Å²) >= 11 is 0. The SMILES string of the molecule is COc1ccc(CC(=O)N[C@@H](C)c2ccc(OC3CCCC3)c(OC)c2)cc1OC. The molecule has 30 heavy (non-hydrogen) atoms. The Morgan fingerprint density at radius 2 is 1.57 bits per heavy atom. The molecule has 1 atom stereocenters. The predicted molar refractivity (Wildman–Crippen MR) is 116 cm³/mol. The van der Waals surface area contributed by atoms with Crippen molar-refractivity contribution < 1.29 is 23.7 Å². The molecule has 0 unspecified atom stereocenters. The summed E-state index contributed by atoms with van der Waals surface area (Å²) in [5.74, 6) is 2.64. The molecule has 2 aromatic rings. The van der Waals surface area contributed by atoms with Crippen LogP contribution in [-0.4, -0.2) is 33.3 Å². The van der Waals surface area contributed by atoms with Crippen molar-refractivity contribution in [2.24, 2.45) is 0 Å². The summed E-state index contributed by atoms with van der Waals surface area (Å²) in [6, 6.07) is 11.2. The lowest BCUT2D eigenvalue weighted by Gasteiger charge is -2.19. The van der Waals surface area contributed by atoms with Crippen LogP contribution in [0.25, 0.3) is 0 Å². The second-order valence-corrected chi connectivity index (χ2v) is 7.59. The number of hydrogen-bond donors (Lipinski definition) is 1. The van der Waals surface area contributed by atoms with Crippen LogP contribution in [-0.2, 0) is 11.2 Å². The Morgan fingerprint density at radius 3 is 2.23 bits per heavy atom. The number of ether oxygens (including phenoxy) is 4. The summed E-state index contributed by atoms with van der Waals surface area (Å²) in [5, 5.41) is 3.05. The number of rotatable bonds is 9. The third kappa shape index (κ3) is 5.38. The molecule has 1 N–H and O–H groups in total. The summed E-state index contributed by atoms with van der Waals surface area (Å²) in [5.41, 5.74) is 1.82. The zero-order chi connectivity index (χ0) is 21.5. The number of benzene rings is 2. The lowest BCUT2D eigenvalue weighted by molar-refractivity contribution is -0.121. The molecule has 1 fully saturated rings. The maximum atomic E-state index is 12.6. The van der Waals surface area contributed by atoms with Crippen LogP contribution in [0.1, 0.15) is 49.8 Å². The molecule has 0 saturated heterocycles. The van der Waals surface area contributed by atoms with E-state index in [2.05, 4.69) is 5.32 Å². The lowest BCUT2D eigenvalue weighted by Crippen LogP contribution is -2.28. The second-order valence-electron chi connectivity index (χ2n) is 7.59. The summed E-state index contributed by atoms with van der Waals surface area (Å²) in [6.07, 6.45) is 5.14. The number of amides is 1. The van der Waals surface area contributed by atoms with Gasteiger partial charge in [0.15, 0.2) is 23.0 Å². The van der Waals surface area contributed by atoms with Crippen molar-refractivity contribution in [1.29, 1.82) is 0 Å². The molecule has 6 nitrogen and oxygen atoms in total. The van der Waals surface area contributed by atoms with Gasteiger partial charge < -0.3 is 24.3 Å². The highest BCUT2D eigenvalue weighted by Gasteiger charge is 2.19. The van der Waals surface area contributed by atoms with Crippen LogP contribution in [0.15, 0.2) is 36.4 Å². The Kier molecular flexibility index (Phi) is 7.44. The smallest absolute Gasteiger partial charge is 0.224 e. The van der Waals surface area contributed by atoms with Crippen LogP contribution in [0, 0.1) is 0 Å². The summed E-state index contributed by atoms with van der Waals surface area (Å²) < 4.78 is 22.2. The van der Waals surface area contributed by atoms with Gasteiger partial charge in [-0.2, -0.15) is 0 Å². The van der Waals surface area contributed by atoms with Gasteiger partial charge >= 0.3 is 0 Å². The maximum absolute atomic E-state index is 12.6. The largest absolute Gasteiger partial charge is 0.493 e. The molecule has 0 aromatic heterocycles. The quantitative estimate of drug-likeness (QED) is 0.658. The van der Waals surface area contributed by atoms with Crippen LogP contribution in [0.3, 0.4) is 0 Å². The van der Waals surface area contributed by atoms with E-state index in [-0.39, 0.29) is 24.5 Å². The minimum Gasteiger partial charge on any atom is -0.493 e. The van der Waals surface area contributed by atoms with E-state index in [9.17, 15) is 4.79 Å². The van der Waals surface area contributed by atoms with Crippen LogP contribution in [0.2, 0.25) is 0 Å². The summed E-state index contributed by atoms with van der Waals surface area (Å²) in [4.78, 5) is 12.6. The van der Waals surface area contributed by atoms with Gasteiger partial charge in [0.05, 0.1) is 39.9 Å². The first-order valence-electron chi connectivity index (χ1n) is 10.4. The van der Waals surface area contributed by atoms with Crippen molar-refractivity contribution in [3.63, 3.8) is 0 Å². The number of carbonyl (C=O) groups is 1. The molecule has 0 aliphatic heterocycles. The van der Waals surface area contributed by atoms with E-state index in [4.69, 9.17) is 18.9 Å². The second kappa shape index (κ2) is 10.2. The molecule has 0 bridgehead atoms. The maximum Gasteiger partial charge on any atom is 0.224 e. The topological polar surface area (TPSA) is 66.0 Å². The van der Waals surface area contributed by atoms with Crippen LogP contribution in [0.5, 0.6) is 23.0 Å². The fourth-order valence-corrected chi connectivity index (χ4v) is 3.79. The minimum absolute atomic E-state index is 0.0695. The van der Waals surface area contributed by atoms with Crippen molar-refractivity contribution >= 4 is 5.91 Å². The molecule has 6 heteroatoms. The molecule has 1 saturated carbocycles. The molecule has 0 spiro atoms.